The number of ether oxygens (including phenoxy) is 1. The summed E-state index contributed by atoms with van der Waals surface area (Å²) in [4.78, 5) is 0. The number of fused-ring (bicyclic) bond motifs is 1. The van der Waals surface area contributed by atoms with Gasteiger partial charge in [0.2, 0.25) is 0 Å². The molecule has 1 heterocycles. The van der Waals surface area contributed by atoms with E-state index in [0.717, 1.165) is 17.3 Å². The highest BCUT2D eigenvalue weighted by Crippen LogP contribution is 2.35. The van der Waals surface area contributed by atoms with Gasteiger partial charge in [-0.05, 0) is 42.3 Å². The molecule has 1 N–H and O–H groups in total. The molecule has 0 saturated heterocycles. The van der Waals surface area contributed by atoms with Gasteiger partial charge in [0.1, 0.15) is 23.5 Å². The zero-order valence-corrected chi connectivity index (χ0v) is 10.4. The van der Waals surface area contributed by atoms with E-state index in [1.54, 1.807) is 0 Å². The molecule has 2 aromatic rings. The minimum absolute atomic E-state index is 0.389. The minimum Gasteiger partial charge on any atom is -0.482 e. The summed E-state index contributed by atoms with van der Waals surface area (Å²) in [6.07, 6.45) is -0.389. The molecule has 0 aliphatic carbocycles. The van der Waals surface area contributed by atoms with Gasteiger partial charge in [0.25, 0.3) is 0 Å². The first-order chi connectivity index (χ1) is 9.11. The van der Waals surface area contributed by atoms with E-state index in [4.69, 9.17) is 4.74 Å². The molecule has 0 saturated carbocycles. The number of hydrogen-bond donors (Lipinski definition) is 1. The number of hydrogen-bond acceptors (Lipinski definition) is 2. The van der Waals surface area contributed by atoms with Crippen LogP contribution in [-0.2, 0) is 0 Å². The fraction of sp³-hybridized carbons (Fsp3) is 0.200. The monoisotopic (exact) mass is 261 g/mol. The second kappa shape index (κ2) is 4.53. The molecule has 0 radical (unpaired) electrons. The molecule has 0 fully saturated rings. The molecule has 0 amide bonds. The van der Waals surface area contributed by atoms with Gasteiger partial charge < -0.3 is 10.1 Å². The van der Waals surface area contributed by atoms with Gasteiger partial charge in [-0.2, -0.15) is 0 Å². The van der Waals surface area contributed by atoms with Crippen LogP contribution in [0.5, 0.6) is 5.75 Å². The van der Waals surface area contributed by atoms with Crippen molar-refractivity contribution in [2.45, 2.75) is 13.0 Å². The third-order valence-electron chi connectivity index (χ3n) is 3.14. The minimum atomic E-state index is -0.589. The quantitative estimate of drug-likeness (QED) is 0.842. The molecule has 98 valence electrons. The maximum absolute atomic E-state index is 13.2. The number of benzene rings is 2. The van der Waals surface area contributed by atoms with Crippen LogP contribution in [0.3, 0.4) is 0 Å². The highest BCUT2D eigenvalue weighted by atomic mass is 19.1. The lowest BCUT2D eigenvalue weighted by Crippen LogP contribution is -2.23. The predicted octanol–water partition coefficient (Wildman–Crippen LogP) is 3.82. The van der Waals surface area contributed by atoms with E-state index in [2.05, 4.69) is 5.32 Å². The Morgan fingerprint density at radius 3 is 2.58 bits per heavy atom. The van der Waals surface area contributed by atoms with Crippen molar-refractivity contribution in [3.63, 3.8) is 0 Å². The second-order valence-electron chi connectivity index (χ2n) is 4.69. The van der Waals surface area contributed by atoms with E-state index >= 15 is 0 Å². The molecule has 1 aliphatic rings. The largest absolute Gasteiger partial charge is 0.482 e. The van der Waals surface area contributed by atoms with Crippen molar-refractivity contribution in [1.29, 1.82) is 0 Å². The highest BCUT2D eigenvalue weighted by Gasteiger charge is 2.21. The Balaban J connectivity index is 1.92. The van der Waals surface area contributed by atoms with Crippen molar-refractivity contribution in [3.05, 3.63) is 59.2 Å². The summed E-state index contributed by atoms with van der Waals surface area (Å²) in [6.45, 7) is 2.45. The van der Waals surface area contributed by atoms with Gasteiger partial charge in [0, 0.05) is 6.07 Å². The Hall–Kier alpha value is -2.10. The van der Waals surface area contributed by atoms with Crippen LogP contribution in [-0.4, -0.2) is 6.54 Å². The third-order valence-corrected chi connectivity index (χ3v) is 3.14. The third kappa shape index (κ3) is 2.38. The number of nitrogens with one attached hydrogen (secondary N) is 1. The van der Waals surface area contributed by atoms with E-state index in [1.165, 1.54) is 12.1 Å². The first-order valence-corrected chi connectivity index (χ1v) is 6.09. The summed E-state index contributed by atoms with van der Waals surface area (Å²) in [7, 11) is 0. The van der Waals surface area contributed by atoms with Crippen LogP contribution in [0, 0.1) is 18.6 Å². The van der Waals surface area contributed by atoms with Crippen molar-refractivity contribution < 1.29 is 13.5 Å². The summed E-state index contributed by atoms with van der Waals surface area (Å²) in [6, 6.07) is 9.29. The van der Waals surface area contributed by atoms with Crippen molar-refractivity contribution in [2.75, 3.05) is 11.9 Å². The van der Waals surface area contributed by atoms with E-state index < -0.39 is 11.6 Å². The van der Waals surface area contributed by atoms with Crippen LogP contribution >= 0.6 is 0 Å². The first-order valence-electron chi connectivity index (χ1n) is 6.09. The normalized spacial score (nSPS) is 17.3. The van der Waals surface area contributed by atoms with Gasteiger partial charge in [0.15, 0.2) is 0 Å². The number of rotatable bonds is 1. The molecule has 1 aliphatic heterocycles. The number of halogens is 2. The summed E-state index contributed by atoms with van der Waals surface area (Å²) >= 11 is 0. The Labute approximate surface area is 110 Å². The lowest BCUT2D eigenvalue weighted by molar-refractivity contribution is 0.209. The molecule has 4 heteroatoms. The van der Waals surface area contributed by atoms with Crippen molar-refractivity contribution >= 4 is 5.69 Å². The summed E-state index contributed by atoms with van der Waals surface area (Å²) < 4.78 is 32.3. The average molecular weight is 261 g/mol. The second-order valence-corrected chi connectivity index (χ2v) is 4.69. The SMILES string of the molecule is Cc1ccc2c(c1)OC(c1cc(F)cc(F)c1)CN2. The molecular formula is C15H13F2NO. The molecule has 0 bridgehead atoms. The van der Waals surface area contributed by atoms with Gasteiger partial charge in [-0.3, -0.25) is 0 Å². The van der Waals surface area contributed by atoms with Gasteiger partial charge in [-0.1, -0.05) is 6.07 Å². The molecule has 0 aromatic heterocycles. The Morgan fingerprint density at radius 1 is 1.11 bits per heavy atom. The van der Waals surface area contributed by atoms with Crippen LogP contribution in [0.1, 0.15) is 17.2 Å². The molecule has 1 unspecified atom stereocenters. The fourth-order valence-corrected chi connectivity index (χ4v) is 2.22. The highest BCUT2D eigenvalue weighted by molar-refractivity contribution is 5.59. The van der Waals surface area contributed by atoms with E-state index in [9.17, 15) is 8.78 Å². The van der Waals surface area contributed by atoms with Gasteiger partial charge in [-0.25, -0.2) is 8.78 Å². The van der Waals surface area contributed by atoms with Crippen LogP contribution in [0.2, 0.25) is 0 Å². The lowest BCUT2D eigenvalue weighted by Gasteiger charge is -2.28. The maximum Gasteiger partial charge on any atom is 0.143 e. The van der Waals surface area contributed by atoms with Crippen LogP contribution in [0.4, 0.5) is 14.5 Å². The summed E-state index contributed by atoms with van der Waals surface area (Å²) in [5, 5.41) is 3.21. The Kier molecular flexibility index (Phi) is 2.85. The summed E-state index contributed by atoms with van der Waals surface area (Å²) in [5.41, 5.74) is 2.47. The van der Waals surface area contributed by atoms with E-state index in [0.29, 0.717) is 17.9 Å². The molecule has 3 rings (SSSR count). The summed E-state index contributed by atoms with van der Waals surface area (Å²) in [5.74, 6) is -0.469. The lowest BCUT2D eigenvalue weighted by atomic mass is 10.1. The van der Waals surface area contributed by atoms with Gasteiger partial charge in [0.05, 0.1) is 12.2 Å². The van der Waals surface area contributed by atoms with E-state index in [1.807, 2.05) is 25.1 Å². The zero-order chi connectivity index (χ0) is 13.4. The van der Waals surface area contributed by atoms with E-state index in [-0.39, 0.29) is 6.10 Å². The van der Waals surface area contributed by atoms with Crippen LogP contribution < -0.4 is 10.1 Å². The number of aryl methyl sites for hydroxylation is 1. The molecule has 1 atom stereocenters. The standard InChI is InChI=1S/C15H13F2NO/c1-9-2-3-13-14(4-9)19-15(8-18-13)10-5-11(16)7-12(17)6-10/h2-7,15,18H,8H2,1H3. The molecule has 0 spiro atoms. The van der Waals surface area contributed by atoms with Crippen LogP contribution in [0.15, 0.2) is 36.4 Å². The van der Waals surface area contributed by atoms with Crippen LogP contribution in [0.25, 0.3) is 0 Å². The van der Waals surface area contributed by atoms with Crippen molar-refractivity contribution in [2.24, 2.45) is 0 Å². The van der Waals surface area contributed by atoms with Gasteiger partial charge in [-0.15, -0.1) is 0 Å². The molecule has 2 aromatic carbocycles. The first kappa shape index (κ1) is 12.0. The smallest absolute Gasteiger partial charge is 0.143 e. The van der Waals surface area contributed by atoms with Crippen molar-refractivity contribution in [3.8, 4) is 5.75 Å². The average Bonchev–Trinajstić information content (AvgIpc) is 2.36. The fourth-order valence-electron chi connectivity index (χ4n) is 2.22. The van der Waals surface area contributed by atoms with Gasteiger partial charge >= 0.3 is 0 Å². The predicted molar refractivity (Wildman–Crippen MR) is 69.4 cm³/mol. The topological polar surface area (TPSA) is 21.3 Å². The van der Waals surface area contributed by atoms with Crippen molar-refractivity contribution in [1.82, 2.24) is 0 Å². The molecular weight excluding hydrogens is 248 g/mol. The molecule has 2 nitrogen and oxygen atoms in total. The Bertz CT molecular complexity index is 607. The number of anilines is 1. The zero-order valence-electron chi connectivity index (χ0n) is 10.4. The molecule has 19 heavy (non-hydrogen) atoms. The maximum atomic E-state index is 13.2. The Morgan fingerprint density at radius 2 is 1.84 bits per heavy atom.